The monoisotopic (exact) mass is 354 g/mol. The number of rotatable bonds is 5. The van der Waals surface area contributed by atoms with Crippen LogP contribution in [0, 0.1) is 5.82 Å². The van der Waals surface area contributed by atoms with Crippen molar-refractivity contribution in [3.8, 4) is 0 Å². The van der Waals surface area contributed by atoms with Gasteiger partial charge in [-0.25, -0.2) is 12.8 Å². The molecule has 0 aliphatic rings. The molecule has 0 unspecified atom stereocenters. The highest BCUT2D eigenvalue weighted by Crippen LogP contribution is 2.11. The van der Waals surface area contributed by atoms with Gasteiger partial charge in [0.05, 0.1) is 5.56 Å². The number of amides is 1. The molecule has 1 amide bonds. The molecular formula is C15H12ClFN2O3S. The SMILES string of the molecule is O=C(NNS(=O)(=O)/C=C/c1ccc(Cl)cc1)c1ccccc1F. The first-order valence-corrected chi connectivity index (χ1v) is 8.30. The fourth-order valence-corrected chi connectivity index (χ4v) is 2.37. The van der Waals surface area contributed by atoms with Crippen molar-refractivity contribution in [2.45, 2.75) is 0 Å². The van der Waals surface area contributed by atoms with E-state index in [2.05, 4.69) is 0 Å². The minimum Gasteiger partial charge on any atom is -0.273 e. The van der Waals surface area contributed by atoms with Gasteiger partial charge >= 0.3 is 0 Å². The lowest BCUT2D eigenvalue weighted by Gasteiger charge is -2.06. The van der Waals surface area contributed by atoms with Crippen LogP contribution in [-0.2, 0) is 10.0 Å². The molecule has 120 valence electrons. The van der Waals surface area contributed by atoms with Crippen LogP contribution in [0.2, 0.25) is 5.02 Å². The van der Waals surface area contributed by atoms with Gasteiger partial charge in [-0.05, 0) is 35.9 Å². The maximum atomic E-state index is 13.4. The van der Waals surface area contributed by atoms with Crippen LogP contribution in [0.5, 0.6) is 0 Å². The van der Waals surface area contributed by atoms with E-state index in [-0.39, 0.29) is 5.56 Å². The van der Waals surface area contributed by atoms with E-state index in [1.807, 2.05) is 10.3 Å². The summed E-state index contributed by atoms with van der Waals surface area (Å²) in [7, 11) is -3.92. The first kappa shape index (κ1) is 17.1. The number of carbonyl (C=O) groups is 1. The Hall–Kier alpha value is -2.22. The van der Waals surface area contributed by atoms with Crippen molar-refractivity contribution in [1.82, 2.24) is 10.3 Å². The van der Waals surface area contributed by atoms with E-state index >= 15 is 0 Å². The maximum Gasteiger partial charge on any atom is 0.269 e. The van der Waals surface area contributed by atoms with Gasteiger partial charge in [0.2, 0.25) is 0 Å². The molecule has 0 heterocycles. The first-order valence-electron chi connectivity index (χ1n) is 6.38. The second-order valence-corrected chi connectivity index (χ2v) is 6.44. The number of benzene rings is 2. The second kappa shape index (κ2) is 7.36. The van der Waals surface area contributed by atoms with Gasteiger partial charge in [-0.2, -0.15) is 0 Å². The van der Waals surface area contributed by atoms with Gasteiger partial charge < -0.3 is 0 Å². The van der Waals surface area contributed by atoms with Gasteiger partial charge in [-0.3, -0.25) is 10.2 Å². The molecule has 0 saturated heterocycles. The zero-order chi connectivity index (χ0) is 16.9. The number of hydrogen-bond donors (Lipinski definition) is 2. The molecular weight excluding hydrogens is 343 g/mol. The standard InChI is InChI=1S/C15H12ClFN2O3S/c16-12-7-5-11(6-8-12)9-10-23(21,22)19-18-15(20)13-3-1-2-4-14(13)17/h1-10,19H,(H,18,20)/b10-9+. The minimum atomic E-state index is -3.92. The number of hydrazine groups is 1. The van der Waals surface area contributed by atoms with E-state index < -0.39 is 21.7 Å². The topological polar surface area (TPSA) is 75.3 Å². The van der Waals surface area contributed by atoms with Gasteiger partial charge in [0.25, 0.3) is 15.9 Å². The van der Waals surface area contributed by atoms with Gasteiger partial charge in [-0.15, -0.1) is 4.83 Å². The largest absolute Gasteiger partial charge is 0.273 e. The quantitative estimate of drug-likeness (QED) is 0.811. The van der Waals surface area contributed by atoms with Crippen molar-refractivity contribution in [2.75, 3.05) is 0 Å². The summed E-state index contributed by atoms with van der Waals surface area (Å²) < 4.78 is 36.9. The zero-order valence-corrected chi connectivity index (χ0v) is 13.2. The van der Waals surface area contributed by atoms with Crippen LogP contribution in [0.1, 0.15) is 15.9 Å². The number of hydrogen-bond acceptors (Lipinski definition) is 3. The Bertz CT molecular complexity index is 836. The third-order valence-electron chi connectivity index (χ3n) is 2.73. The average Bonchev–Trinajstić information content (AvgIpc) is 2.53. The van der Waals surface area contributed by atoms with Crippen LogP contribution in [0.3, 0.4) is 0 Å². The molecule has 0 atom stereocenters. The van der Waals surface area contributed by atoms with Crippen molar-refractivity contribution in [1.29, 1.82) is 0 Å². The summed E-state index contributed by atoms with van der Waals surface area (Å²) in [5, 5.41) is 1.40. The van der Waals surface area contributed by atoms with Crippen LogP contribution in [0.15, 0.2) is 53.9 Å². The molecule has 2 aromatic rings. The molecule has 2 aromatic carbocycles. The Balaban J connectivity index is 2.00. The van der Waals surface area contributed by atoms with Gasteiger partial charge in [0, 0.05) is 10.4 Å². The van der Waals surface area contributed by atoms with Gasteiger partial charge in [0.1, 0.15) is 5.82 Å². The van der Waals surface area contributed by atoms with Crippen molar-refractivity contribution in [3.63, 3.8) is 0 Å². The molecule has 0 aromatic heterocycles. The molecule has 0 radical (unpaired) electrons. The molecule has 0 aliphatic heterocycles. The molecule has 2 rings (SSSR count). The van der Waals surface area contributed by atoms with E-state index in [4.69, 9.17) is 11.6 Å². The van der Waals surface area contributed by atoms with E-state index in [1.165, 1.54) is 24.3 Å². The number of carbonyl (C=O) groups excluding carboxylic acids is 1. The van der Waals surface area contributed by atoms with Crippen LogP contribution in [0.25, 0.3) is 6.08 Å². The van der Waals surface area contributed by atoms with Crippen molar-refractivity contribution >= 4 is 33.6 Å². The summed E-state index contributed by atoms with van der Waals surface area (Å²) in [6, 6.07) is 11.7. The van der Waals surface area contributed by atoms with Crippen molar-refractivity contribution < 1.29 is 17.6 Å². The molecule has 5 nitrogen and oxygen atoms in total. The number of nitrogens with one attached hydrogen (secondary N) is 2. The first-order chi connectivity index (χ1) is 10.9. The predicted octanol–water partition coefficient (Wildman–Crippen LogP) is 2.71. The Labute approximate surface area is 137 Å². The highest BCUT2D eigenvalue weighted by molar-refractivity contribution is 7.92. The molecule has 0 fully saturated rings. The van der Waals surface area contributed by atoms with E-state index in [0.29, 0.717) is 10.6 Å². The Morgan fingerprint density at radius 1 is 1.09 bits per heavy atom. The van der Waals surface area contributed by atoms with Crippen LogP contribution >= 0.6 is 11.6 Å². The molecule has 8 heteroatoms. The van der Waals surface area contributed by atoms with Crippen LogP contribution in [-0.4, -0.2) is 14.3 Å². The van der Waals surface area contributed by atoms with Crippen LogP contribution in [0.4, 0.5) is 4.39 Å². The summed E-state index contributed by atoms with van der Waals surface area (Å²) in [6.45, 7) is 0. The van der Waals surface area contributed by atoms with Crippen molar-refractivity contribution in [3.05, 3.63) is 75.9 Å². The normalized spacial score (nSPS) is 11.6. The Morgan fingerprint density at radius 2 is 1.74 bits per heavy atom. The lowest BCUT2D eigenvalue weighted by Crippen LogP contribution is -2.40. The highest BCUT2D eigenvalue weighted by atomic mass is 35.5. The summed E-state index contributed by atoms with van der Waals surface area (Å²) in [4.78, 5) is 13.6. The summed E-state index contributed by atoms with van der Waals surface area (Å²) in [5.41, 5.74) is 2.28. The maximum absolute atomic E-state index is 13.4. The zero-order valence-electron chi connectivity index (χ0n) is 11.7. The molecule has 23 heavy (non-hydrogen) atoms. The summed E-state index contributed by atoms with van der Waals surface area (Å²) >= 11 is 5.72. The minimum absolute atomic E-state index is 0.267. The van der Waals surface area contributed by atoms with Gasteiger partial charge in [0.15, 0.2) is 0 Å². The number of sulfonamides is 1. The smallest absolute Gasteiger partial charge is 0.269 e. The van der Waals surface area contributed by atoms with Crippen molar-refractivity contribution in [2.24, 2.45) is 0 Å². The third-order valence-corrected chi connectivity index (χ3v) is 3.87. The van der Waals surface area contributed by atoms with E-state index in [1.54, 1.807) is 24.3 Å². The number of halogens is 2. The second-order valence-electron chi connectivity index (χ2n) is 4.44. The van der Waals surface area contributed by atoms with E-state index in [9.17, 15) is 17.6 Å². The third kappa shape index (κ3) is 5.17. The fraction of sp³-hybridized carbons (Fsp3) is 0. The fourth-order valence-electron chi connectivity index (χ4n) is 1.61. The lowest BCUT2D eigenvalue weighted by molar-refractivity contribution is 0.0941. The highest BCUT2D eigenvalue weighted by Gasteiger charge is 2.13. The average molecular weight is 355 g/mol. The predicted molar refractivity (Wildman–Crippen MR) is 86.4 cm³/mol. The summed E-state index contributed by atoms with van der Waals surface area (Å²) in [6.07, 6.45) is 1.33. The molecule has 0 bridgehead atoms. The molecule has 0 saturated carbocycles. The lowest BCUT2D eigenvalue weighted by atomic mass is 10.2. The summed E-state index contributed by atoms with van der Waals surface area (Å²) in [5.74, 6) is -1.65. The Morgan fingerprint density at radius 3 is 2.39 bits per heavy atom. The molecule has 2 N–H and O–H groups in total. The van der Waals surface area contributed by atoms with E-state index in [0.717, 1.165) is 11.5 Å². The Kier molecular flexibility index (Phi) is 5.49. The van der Waals surface area contributed by atoms with Crippen LogP contribution < -0.4 is 10.3 Å². The molecule has 0 spiro atoms. The van der Waals surface area contributed by atoms with Gasteiger partial charge in [-0.1, -0.05) is 35.9 Å². The molecule has 0 aliphatic carbocycles.